The fourth-order valence-corrected chi connectivity index (χ4v) is 3.04. The van der Waals surface area contributed by atoms with Crippen LogP contribution in [0.3, 0.4) is 0 Å². The van der Waals surface area contributed by atoms with Gasteiger partial charge in [0.25, 0.3) is 0 Å². The van der Waals surface area contributed by atoms with E-state index in [1.54, 1.807) is 0 Å². The van der Waals surface area contributed by atoms with Crippen molar-refractivity contribution in [3.05, 3.63) is 35.9 Å². The van der Waals surface area contributed by atoms with Gasteiger partial charge < -0.3 is 4.74 Å². The molecule has 1 aliphatic heterocycles. The molecule has 0 amide bonds. The molecule has 1 aromatic rings. The van der Waals surface area contributed by atoms with Crippen molar-refractivity contribution in [2.24, 2.45) is 5.92 Å². The lowest BCUT2D eigenvalue weighted by atomic mass is 10.0. The highest BCUT2D eigenvalue weighted by Gasteiger charge is 2.26. The number of likely N-dealkylation sites (tertiary alicyclic amines) is 1. The normalized spacial score (nSPS) is 24.1. The van der Waals surface area contributed by atoms with Crippen LogP contribution < -0.4 is 0 Å². The minimum absolute atomic E-state index is 0.0948. The van der Waals surface area contributed by atoms with Crippen molar-refractivity contribution in [3.8, 4) is 0 Å². The van der Waals surface area contributed by atoms with E-state index in [1.165, 1.54) is 25.5 Å². The van der Waals surface area contributed by atoms with E-state index in [9.17, 15) is 4.79 Å². The van der Waals surface area contributed by atoms with Crippen LogP contribution in [-0.2, 0) is 16.1 Å². The van der Waals surface area contributed by atoms with Gasteiger partial charge in [-0.2, -0.15) is 0 Å². The monoisotopic (exact) mass is 275 g/mol. The first-order valence-electron chi connectivity index (χ1n) is 7.54. The maximum absolute atomic E-state index is 11.6. The third-order valence-electron chi connectivity index (χ3n) is 4.16. The highest BCUT2D eigenvalue weighted by molar-refractivity contribution is 5.69. The van der Waals surface area contributed by atoms with E-state index < -0.39 is 0 Å². The van der Waals surface area contributed by atoms with E-state index in [0.29, 0.717) is 18.4 Å². The Hall–Kier alpha value is -1.35. The van der Waals surface area contributed by atoms with E-state index in [2.05, 4.69) is 36.1 Å². The summed E-state index contributed by atoms with van der Waals surface area (Å²) in [4.78, 5) is 14.1. The van der Waals surface area contributed by atoms with Gasteiger partial charge in [0.1, 0.15) is 0 Å². The van der Waals surface area contributed by atoms with E-state index in [-0.39, 0.29) is 5.97 Å². The maximum atomic E-state index is 11.6. The van der Waals surface area contributed by atoms with Gasteiger partial charge in [0, 0.05) is 19.1 Å². The molecule has 2 atom stereocenters. The molecule has 1 heterocycles. The van der Waals surface area contributed by atoms with Crippen LogP contribution in [0.5, 0.6) is 0 Å². The zero-order chi connectivity index (χ0) is 14.4. The maximum Gasteiger partial charge on any atom is 0.307 e. The average Bonchev–Trinajstić information content (AvgIpc) is 2.62. The van der Waals surface area contributed by atoms with Gasteiger partial charge in [0.05, 0.1) is 13.5 Å². The minimum atomic E-state index is -0.0948. The van der Waals surface area contributed by atoms with Crippen LogP contribution in [-0.4, -0.2) is 30.6 Å². The van der Waals surface area contributed by atoms with Crippen molar-refractivity contribution in [1.29, 1.82) is 0 Å². The van der Waals surface area contributed by atoms with Crippen molar-refractivity contribution in [1.82, 2.24) is 4.90 Å². The molecule has 3 heteroatoms. The Bertz CT molecular complexity index is 418. The second-order valence-electron chi connectivity index (χ2n) is 5.89. The molecule has 0 bridgehead atoms. The highest BCUT2D eigenvalue weighted by atomic mass is 16.5. The first-order chi connectivity index (χ1) is 9.69. The van der Waals surface area contributed by atoms with Crippen molar-refractivity contribution in [2.75, 3.05) is 13.7 Å². The van der Waals surface area contributed by atoms with E-state index >= 15 is 0 Å². The van der Waals surface area contributed by atoms with Crippen molar-refractivity contribution in [3.63, 3.8) is 0 Å². The Balaban J connectivity index is 2.07. The summed E-state index contributed by atoms with van der Waals surface area (Å²) in [5.74, 6) is 0.601. The minimum Gasteiger partial charge on any atom is -0.469 e. The summed E-state index contributed by atoms with van der Waals surface area (Å²) in [6.07, 6.45) is 4.05. The number of esters is 1. The molecule has 1 aliphatic rings. The van der Waals surface area contributed by atoms with Gasteiger partial charge in [0.2, 0.25) is 0 Å². The van der Waals surface area contributed by atoms with Gasteiger partial charge in [-0.25, -0.2) is 0 Å². The lowest BCUT2D eigenvalue weighted by Gasteiger charge is -2.30. The lowest BCUT2D eigenvalue weighted by molar-refractivity contribution is -0.142. The van der Waals surface area contributed by atoms with Crippen LogP contribution in [0.1, 0.15) is 38.2 Å². The molecule has 0 radical (unpaired) electrons. The Morgan fingerprint density at radius 1 is 1.30 bits per heavy atom. The first-order valence-corrected chi connectivity index (χ1v) is 7.54. The van der Waals surface area contributed by atoms with Gasteiger partial charge in [-0.15, -0.1) is 0 Å². The zero-order valence-electron chi connectivity index (χ0n) is 12.5. The fourth-order valence-electron chi connectivity index (χ4n) is 3.04. The SMILES string of the molecule is COC(=O)CC1CCCC(C)CN1Cc1ccccc1. The molecular weight excluding hydrogens is 250 g/mol. The number of ether oxygens (including phenoxy) is 1. The average molecular weight is 275 g/mol. The molecule has 2 unspecified atom stereocenters. The highest BCUT2D eigenvalue weighted by Crippen LogP contribution is 2.24. The Labute approximate surface area is 121 Å². The van der Waals surface area contributed by atoms with Crippen molar-refractivity contribution in [2.45, 2.75) is 45.2 Å². The summed E-state index contributed by atoms with van der Waals surface area (Å²) < 4.78 is 4.85. The van der Waals surface area contributed by atoms with Gasteiger partial charge >= 0.3 is 5.97 Å². The number of nitrogens with zero attached hydrogens (tertiary/aromatic N) is 1. The first kappa shape index (κ1) is 15.0. The molecule has 0 aromatic heterocycles. The molecular formula is C17H25NO2. The predicted octanol–water partition coefficient (Wildman–Crippen LogP) is 3.24. The Morgan fingerprint density at radius 2 is 2.05 bits per heavy atom. The van der Waals surface area contributed by atoms with Crippen LogP contribution in [0.15, 0.2) is 30.3 Å². The molecule has 20 heavy (non-hydrogen) atoms. The number of benzene rings is 1. The second-order valence-corrected chi connectivity index (χ2v) is 5.89. The van der Waals surface area contributed by atoms with Crippen LogP contribution >= 0.6 is 0 Å². The van der Waals surface area contributed by atoms with Crippen LogP contribution in [0, 0.1) is 5.92 Å². The number of rotatable bonds is 4. The third-order valence-corrected chi connectivity index (χ3v) is 4.16. The number of carbonyl (C=O) groups excluding carboxylic acids is 1. The summed E-state index contributed by atoms with van der Waals surface area (Å²) in [5.41, 5.74) is 1.32. The summed E-state index contributed by atoms with van der Waals surface area (Å²) in [6.45, 7) is 4.29. The Kier molecular flexibility index (Phi) is 5.60. The quantitative estimate of drug-likeness (QED) is 0.790. The molecule has 0 saturated carbocycles. The molecule has 2 rings (SSSR count). The second kappa shape index (κ2) is 7.44. The van der Waals surface area contributed by atoms with E-state index in [0.717, 1.165) is 19.5 Å². The molecule has 110 valence electrons. The summed E-state index contributed by atoms with van der Waals surface area (Å²) in [5, 5.41) is 0. The molecule has 1 saturated heterocycles. The summed E-state index contributed by atoms with van der Waals surface area (Å²) in [6, 6.07) is 10.8. The van der Waals surface area contributed by atoms with Gasteiger partial charge in [-0.3, -0.25) is 9.69 Å². The molecule has 0 spiro atoms. The van der Waals surface area contributed by atoms with Crippen molar-refractivity contribution < 1.29 is 9.53 Å². The zero-order valence-corrected chi connectivity index (χ0v) is 12.5. The topological polar surface area (TPSA) is 29.5 Å². The number of hydrogen-bond acceptors (Lipinski definition) is 3. The van der Waals surface area contributed by atoms with Gasteiger partial charge in [0.15, 0.2) is 0 Å². The van der Waals surface area contributed by atoms with Crippen LogP contribution in [0.4, 0.5) is 0 Å². The van der Waals surface area contributed by atoms with E-state index in [1.807, 2.05) is 6.07 Å². The summed E-state index contributed by atoms with van der Waals surface area (Å²) in [7, 11) is 1.48. The summed E-state index contributed by atoms with van der Waals surface area (Å²) >= 11 is 0. The standard InChI is InChI=1S/C17H25NO2/c1-14-7-6-10-16(11-17(19)20-2)18(12-14)13-15-8-4-3-5-9-15/h3-5,8-9,14,16H,6-7,10-13H2,1-2H3. The predicted molar refractivity (Wildman–Crippen MR) is 80.3 cm³/mol. The number of carbonyl (C=O) groups is 1. The molecule has 3 nitrogen and oxygen atoms in total. The number of hydrogen-bond donors (Lipinski definition) is 0. The molecule has 0 aliphatic carbocycles. The molecule has 1 fully saturated rings. The smallest absolute Gasteiger partial charge is 0.307 e. The lowest BCUT2D eigenvalue weighted by Crippen LogP contribution is -2.37. The number of methoxy groups -OCH3 is 1. The Morgan fingerprint density at radius 3 is 2.75 bits per heavy atom. The molecule has 0 N–H and O–H groups in total. The van der Waals surface area contributed by atoms with Crippen LogP contribution in [0.25, 0.3) is 0 Å². The van der Waals surface area contributed by atoms with Crippen molar-refractivity contribution >= 4 is 5.97 Å². The molecule has 1 aromatic carbocycles. The van der Waals surface area contributed by atoms with E-state index in [4.69, 9.17) is 4.74 Å². The van der Waals surface area contributed by atoms with Gasteiger partial charge in [-0.1, -0.05) is 43.7 Å². The van der Waals surface area contributed by atoms with Crippen LogP contribution in [0.2, 0.25) is 0 Å². The largest absolute Gasteiger partial charge is 0.469 e. The van der Waals surface area contributed by atoms with Gasteiger partial charge in [-0.05, 0) is 24.3 Å². The third kappa shape index (κ3) is 4.34. The fraction of sp³-hybridized carbons (Fsp3) is 0.588.